The van der Waals surface area contributed by atoms with Crippen molar-refractivity contribution in [1.29, 1.82) is 0 Å². The van der Waals surface area contributed by atoms with E-state index in [2.05, 4.69) is 26.1 Å². The summed E-state index contributed by atoms with van der Waals surface area (Å²) in [5.41, 5.74) is 1.20. The average Bonchev–Trinajstić information content (AvgIpc) is 2.36. The first-order valence-electron chi connectivity index (χ1n) is 6.80. The predicted molar refractivity (Wildman–Crippen MR) is 88.6 cm³/mol. The first-order valence-corrected chi connectivity index (χ1v) is 8.00. The second kappa shape index (κ2) is 6.82. The molecule has 2 rings (SSSR count). The lowest BCUT2D eigenvalue weighted by molar-refractivity contribution is 0.422. The Bertz CT molecular complexity index is 622. The highest BCUT2D eigenvalue weighted by atomic mass is 35.5. The molecule has 21 heavy (non-hydrogen) atoms. The van der Waals surface area contributed by atoms with Gasteiger partial charge in [0.1, 0.15) is 5.82 Å². The molecule has 4 heteroatoms. The van der Waals surface area contributed by atoms with E-state index in [0.29, 0.717) is 5.02 Å². The monoisotopic (exact) mass is 323 g/mol. The SMILES string of the molecule is CC(C)(C)NCc1ccc(Cl)cc1Sc1cccc(F)c1. The minimum atomic E-state index is -0.226. The van der Waals surface area contributed by atoms with E-state index in [9.17, 15) is 4.39 Å². The highest BCUT2D eigenvalue weighted by Crippen LogP contribution is 2.33. The molecule has 1 nitrogen and oxygen atoms in total. The molecule has 0 bridgehead atoms. The van der Waals surface area contributed by atoms with Crippen molar-refractivity contribution >= 4 is 23.4 Å². The van der Waals surface area contributed by atoms with Gasteiger partial charge in [0.15, 0.2) is 0 Å². The van der Waals surface area contributed by atoms with Gasteiger partial charge in [-0.3, -0.25) is 0 Å². The van der Waals surface area contributed by atoms with Crippen molar-refractivity contribution in [3.05, 3.63) is 58.9 Å². The zero-order valence-electron chi connectivity index (χ0n) is 12.4. The molecule has 0 amide bonds. The molecule has 0 atom stereocenters. The van der Waals surface area contributed by atoms with E-state index < -0.39 is 0 Å². The van der Waals surface area contributed by atoms with Gasteiger partial charge in [0.25, 0.3) is 0 Å². The van der Waals surface area contributed by atoms with Crippen LogP contribution in [0.3, 0.4) is 0 Å². The van der Waals surface area contributed by atoms with Gasteiger partial charge in [0, 0.05) is 26.9 Å². The van der Waals surface area contributed by atoms with Crippen LogP contribution < -0.4 is 5.32 Å². The molecule has 0 heterocycles. The topological polar surface area (TPSA) is 12.0 Å². The second-order valence-corrected chi connectivity index (χ2v) is 7.47. The molecule has 0 fully saturated rings. The van der Waals surface area contributed by atoms with E-state index in [1.54, 1.807) is 6.07 Å². The molecule has 2 aromatic rings. The van der Waals surface area contributed by atoms with E-state index in [0.717, 1.165) is 21.9 Å². The Kier molecular flexibility index (Phi) is 5.31. The summed E-state index contributed by atoms with van der Waals surface area (Å²) < 4.78 is 13.3. The molecule has 0 unspecified atom stereocenters. The summed E-state index contributed by atoms with van der Waals surface area (Å²) in [6, 6.07) is 12.4. The van der Waals surface area contributed by atoms with Gasteiger partial charge in [-0.1, -0.05) is 35.5 Å². The summed E-state index contributed by atoms with van der Waals surface area (Å²) in [5.74, 6) is -0.226. The average molecular weight is 324 g/mol. The van der Waals surface area contributed by atoms with Gasteiger partial charge in [0.2, 0.25) is 0 Å². The molecule has 0 radical (unpaired) electrons. The molecule has 0 aliphatic carbocycles. The van der Waals surface area contributed by atoms with Crippen LogP contribution in [0.15, 0.2) is 52.3 Å². The van der Waals surface area contributed by atoms with Gasteiger partial charge in [-0.05, 0) is 56.7 Å². The van der Waals surface area contributed by atoms with Crippen molar-refractivity contribution in [2.75, 3.05) is 0 Å². The van der Waals surface area contributed by atoms with Gasteiger partial charge in [0.05, 0.1) is 0 Å². The Hall–Kier alpha value is -1.03. The van der Waals surface area contributed by atoms with E-state index in [4.69, 9.17) is 11.6 Å². The molecule has 0 aromatic heterocycles. The summed E-state index contributed by atoms with van der Waals surface area (Å²) in [6.45, 7) is 7.13. The van der Waals surface area contributed by atoms with Crippen molar-refractivity contribution < 1.29 is 4.39 Å². The Morgan fingerprint density at radius 1 is 1.14 bits per heavy atom. The molecule has 2 aromatic carbocycles. The smallest absolute Gasteiger partial charge is 0.124 e. The fraction of sp³-hybridized carbons (Fsp3) is 0.294. The highest BCUT2D eigenvalue weighted by Gasteiger charge is 2.11. The minimum Gasteiger partial charge on any atom is -0.308 e. The normalized spacial score (nSPS) is 11.7. The molecule has 0 spiro atoms. The van der Waals surface area contributed by atoms with Gasteiger partial charge in [-0.15, -0.1) is 0 Å². The largest absolute Gasteiger partial charge is 0.308 e. The summed E-state index contributed by atoms with van der Waals surface area (Å²) >= 11 is 7.63. The lowest BCUT2D eigenvalue weighted by Gasteiger charge is -2.21. The number of rotatable bonds is 4. The van der Waals surface area contributed by atoms with Crippen molar-refractivity contribution in [1.82, 2.24) is 5.32 Å². The van der Waals surface area contributed by atoms with Crippen LogP contribution in [0, 0.1) is 5.82 Å². The van der Waals surface area contributed by atoms with Crippen molar-refractivity contribution in [3.8, 4) is 0 Å². The second-order valence-electron chi connectivity index (χ2n) is 5.92. The molecular formula is C17H19ClFNS. The van der Waals surface area contributed by atoms with Crippen LogP contribution in [-0.2, 0) is 6.54 Å². The van der Waals surface area contributed by atoms with E-state index in [-0.39, 0.29) is 11.4 Å². The third-order valence-electron chi connectivity index (χ3n) is 2.86. The first kappa shape index (κ1) is 16.3. The highest BCUT2D eigenvalue weighted by molar-refractivity contribution is 7.99. The van der Waals surface area contributed by atoms with E-state index >= 15 is 0 Å². The fourth-order valence-corrected chi connectivity index (χ4v) is 3.05. The Labute approximate surface area is 134 Å². The van der Waals surface area contributed by atoms with Gasteiger partial charge >= 0.3 is 0 Å². The Balaban J connectivity index is 2.23. The maximum absolute atomic E-state index is 13.3. The number of hydrogen-bond donors (Lipinski definition) is 1. The maximum Gasteiger partial charge on any atom is 0.124 e. The van der Waals surface area contributed by atoms with E-state index in [1.807, 2.05) is 24.3 Å². The molecule has 0 aliphatic rings. The number of halogens is 2. The number of benzene rings is 2. The molecule has 0 aliphatic heterocycles. The van der Waals surface area contributed by atoms with Gasteiger partial charge in [-0.25, -0.2) is 4.39 Å². The Morgan fingerprint density at radius 2 is 1.90 bits per heavy atom. The van der Waals surface area contributed by atoms with Crippen molar-refractivity contribution in [2.45, 2.75) is 42.6 Å². The molecule has 112 valence electrons. The quantitative estimate of drug-likeness (QED) is 0.795. The van der Waals surface area contributed by atoms with Crippen LogP contribution in [0.4, 0.5) is 4.39 Å². The van der Waals surface area contributed by atoms with Gasteiger partial charge < -0.3 is 5.32 Å². The third-order valence-corrected chi connectivity index (χ3v) is 4.19. The van der Waals surface area contributed by atoms with Crippen molar-refractivity contribution in [2.24, 2.45) is 0 Å². The van der Waals surface area contributed by atoms with Crippen LogP contribution in [0.5, 0.6) is 0 Å². The fourth-order valence-electron chi connectivity index (χ4n) is 1.79. The first-order chi connectivity index (χ1) is 9.83. The van der Waals surface area contributed by atoms with Crippen molar-refractivity contribution in [3.63, 3.8) is 0 Å². The van der Waals surface area contributed by atoms with Crippen LogP contribution >= 0.6 is 23.4 Å². The lowest BCUT2D eigenvalue weighted by atomic mass is 10.1. The van der Waals surface area contributed by atoms with Crippen LogP contribution in [0.2, 0.25) is 5.02 Å². The van der Waals surface area contributed by atoms with E-state index in [1.165, 1.54) is 23.9 Å². The third kappa shape index (κ3) is 5.34. The molecular weight excluding hydrogens is 305 g/mol. The zero-order chi connectivity index (χ0) is 15.5. The summed E-state index contributed by atoms with van der Waals surface area (Å²) in [7, 11) is 0. The molecule has 0 saturated heterocycles. The number of nitrogens with one attached hydrogen (secondary N) is 1. The Morgan fingerprint density at radius 3 is 2.57 bits per heavy atom. The van der Waals surface area contributed by atoms with Gasteiger partial charge in [-0.2, -0.15) is 0 Å². The summed E-state index contributed by atoms with van der Waals surface area (Å²) in [5, 5.41) is 4.15. The zero-order valence-corrected chi connectivity index (χ0v) is 14.0. The minimum absolute atomic E-state index is 0.0421. The van der Waals surface area contributed by atoms with Crippen LogP contribution in [0.1, 0.15) is 26.3 Å². The molecule has 1 N–H and O–H groups in total. The summed E-state index contributed by atoms with van der Waals surface area (Å²) in [6.07, 6.45) is 0. The molecule has 0 saturated carbocycles. The lowest BCUT2D eigenvalue weighted by Crippen LogP contribution is -2.35. The van der Waals surface area contributed by atoms with Crippen LogP contribution in [-0.4, -0.2) is 5.54 Å². The number of hydrogen-bond acceptors (Lipinski definition) is 2. The van der Waals surface area contributed by atoms with Crippen LogP contribution in [0.25, 0.3) is 0 Å². The predicted octanol–water partition coefficient (Wildman–Crippen LogP) is 5.52. The standard InChI is InChI=1S/C17H19ClFNS/c1-17(2,3)20-11-12-7-8-13(18)9-16(12)21-15-6-4-5-14(19)10-15/h4-10,20H,11H2,1-3H3. The maximum atomic E-state index is 13.3. The summed E-state index contributed by atoms with van der Waals surface area (Å²) in [4.78, 5) is 1.92.